The maximum Gasteiger partial charge on any atom is 0.0682 e. The third kappa shape index (κ3) is 3.90. The molecule has 0 aliphatic heterocycles. The molecule has 2 N–H and O–H groups in total. The lowest BCUT2D eigenvalue weighted by Gasteiger charge is -2.07. The quantitative estimate of drug-likeness (QED) is 0.761. The second-order valence-electron chi connectivity index (χ2n) is 4.37. The molecule has 0 aromatic heterocycles. The molecule has 18 heavy (non-hydrogen) atoms. The molecule has 0 spiro atoms. The zero-order valence-corrected chi connectivity index (χ0v) is 10.5. The van der Waals surface area contributed by atoms with E-state index in [1.807, 2.05) is 30.3 Å². The van der Waals surface area contributed by atoms with Gasteiger partial charge in [-0.2, -0.15) is 0 Å². The van der Waals surface area contributed by atoms with Crippen molar-refractivity contribution in [3.8, 4) is 0 Å². The highest BCUT2D eigenvalue weighted by molar-refractivity contribution is 5.45. The zero-order chi connectivity index (χ0) is 12.6. The van der Waals surface area contributed by atoms with Gasteiger partial charge < -0.3 is 10.4 Å². The van der Waals surface area contributed by atoms with Crippen molar-refractivity contribution in [2.45, 2.75) is 19.4 Å². The average molecular weight is 241 g/mol. The summed E-state index contributed by atoms with van der Waals surface area (Å²) in [6.07, 6.45) is 2.20. The van der Waals surface area contributed by atoms with Gasteiger partial charge in [-0.15, -0.1) is 0 Å². The molecule has 0 bridgehead atoms. The van der Waals surface area contributed by atoms with E-state index in [0.29, 0.717) is 0 Å². The van der Waals surface area contributed by atoms with Crippen LogP contribution in [0.25, 0.3) is 0 Å². The summed E-state index contributed by atoms with van der Waals surface area (Å²) >= 11 is 0. The van der Waals surface area contributed by atoms with Crippen molar-refractivity contribution < 1.29 is 5.11 Å². The molecule has 0 saturated carbocycles. The Morgan fingerprint density at radius 1 is 0.889 bits per heavy atom. The van der Waals surface area contributed by atoms with E-state index >= 15 is 0 Å². The Labute approximate surface area is 108 Å². The molecule has 2 aromatic carbocycles. The molecule has 0 saturated heterocycles. The lowest BCUT2D eigenvalue weighted by molar-refractivity contribution is 0.282. The summed E-state index contributed by atoms with van der Waals surface area (Å²) in [5.41, 5.74) is 3.40. The van der Waals surface area contributed by atoms with Gasteiger partial charge in [0.05, 0.1) is 6.61 Å². The van der Waals surface area contributed by atoms with Crippen molar-refractivity contribution in [1.29, 1.82) is 0 Å². The van der Waals surface area contributed by atoms with Gasteiger partial charge in [-0.3, -0.25) is 0 Å². The second kappa shape index (κ2) is 6.82. The Hall–Kier alpha value is -1.80. The first-order chi connectivity index (χ1) is 8.88. The lowest BCUT2D eigenvalue weighted by Crippen LogP contribution is -2.03. The highest BCUT2D eigenvalue weighted by atomic mass is 16.3. The van der Waals surface area contributed by atoms with E-state index in [1.54, 1.807) is 0 Å². The molecule has 0 fully saturated rings. The molecular weight excluding hydrogens is 222 g/mol. The van der Waals surface area contributed by atoms with Gasteiger partial charge in [0.25, 0.3) is 0 Å². The summed E-state index contributed by atoms with van der Waals surface area (Å²) in [6.45, 7) is 1.04. The Kier molecular flexibility index (Phi) is 4.79. The summed E-state index contributed by atoms with van der Waals surface area (Å²) in [5.74, 6) is 0. The standard InChI is InChI=1S/C16H19NO/c18-13-15-8-4-10-16(12-15)17-11-5-9-14-6-2-1-3-7-14/h1-4,6-8,10,12,17-18H,5,9,11,13H2. The van der Waals surface area contributed by atoms with Gasteiger partial charge in [-0.1, -0.05) is 42.5 Å². The molecular formula is C16H19NO. The van der Waals surface area contributed by atoms with Gasteiger partial charge in [0.15, 0.2) is 0 Å². The minimum absolute atomic E-state index is 0.0968. The van der Waals surface area contributed by atoms with Crippen LogP contribution in [0.3, 0.4) is 0 Å². The van der Waals surface area contributed by atoms with Crippen LogP contribution in [0.5, 0.6) is 0 Å². The monoisotopic (exact) mass is 241 g/mol. The summed E-state index contributed by atoms with van der Waals surface area (Å²) < 4.78 is 0. The third-order valence-electron chi connectivity index (χ3n) is 2.92. The topological polar surface area (TPSA) is 32.3 Å². The van der Waals surface area contributed by atoms with E-state index in [2.05, 4.69) is 29.6 Å². The Bertz CT molecular complexity index is 468. The fourth-order valence-electron chi connectivity index (χ4n) is 1.95. The third-order valence-corrected chi connectivity index (χ3v) is 2.92. The lowest BCUT2D eigenvalue weighted by atomic mass is 10.1. The van der Waals surface area contributed by atoms with E-state index in [1.165, 1.54) is 5.56 Å². The SMILES string of the molecule is OCc1cccc(NCCCc2ccccc2)c1. The Morgan fingerprint density at radius 2 is 1.67 bits per heavy atom. The molecule has 2 rings (SSSR count). The first kappa shape index (κ1) is 12.7. The number of aliphatic hydroxyl groups excluding tert-OH is 1. The fourth-order valence-corrected chi connectivity index (χ4v) is 1.95. The number of benzene rings is 2. The van der Waals surface area contributed by atoms with E-state index in [-0.39, 0.29) is 6.61 Å². The van der Waals surface area contributed by atoms with Crippen LogP contribution in [0.4, 0.5) is 5.69 Å². The number of aryl methyl sites for hydroxylation is 1. The molecule has 2 aromatic rings. The van der Waals surface area contributed by atoms with E-state index in [0.717, 1.165) is 30.6 Å². The molecule has 0 amide bonds. The van der Waals surface area contributed by atoms with E-state index in [4.69, 9.17) is 5.11 Å². The van der Waals surface area contributed by atoms with Crippen LogP contribution >= 0.6 is 0 Å². The number of nitrogens with one attached hydrogen (secondary N) is 1. The molecule has 0 heterocycles. The molecule has 0 radical (unpaired) electrons. The summed E-state index contributed by atoms with van der Waals surface area (Å²) in [6, 6.07) is 18.4. The first-order valence-corrected chi connectivity index (χ1v) is 6.36. The smallest absolute Gasteiger partial charge is 0.0682 e. The average Bonchev–Trinajstić information content (AvgIpc) is 2.45. The van der Waals surface area contributed by atoms with E-state index in [9.17, 15) is 0 Å². The number of hydrogen-bond acceptors (Lipinski definition) is 2. The number of aliphatic hydroxyl groups is 1. The van der Waals surface area contributed by atoms with Crippen LogP contribution in [0, 0.1) is 0 Å². The number of anilines is 1. The van der Waals surface area contributed by atoms with Crippen LogP contribution in [-0.2, 0) is 13.0 Å². The number of rotatable bonds is 6. The molecule has 0 aliphatic rings. The van der Waals surface area contributed by atoms with Gasteiger partial charge >= 0.3 is 0 Å². The molecule has 2 heteroatoms. The summed E-state index contributed by atoms with van der Waals surface area (Å²) in [4.78, 5) is 0. The van der Waals surface area contributed by atoms with Crippen LogP contribution in [0.15, 0.2) is 54.6 Å². The van der Waals surface area contributed by atoms with Crippen molar-refractivity contribution in [1.82, 2.24) is 0 Å². The zero-order valence-electron chi connectivity index (χ0n) is 10.5. The second-order valence-corrected chi connectivity index (χ2v) is 4.37. The van der Waals surface area contributed by atoms with E-state index < -0.39 is 0 Å². The van der Waals surface area contributed by atoms with Crippen molar-refractivity contribution >= 4 is 5.69 Å². The normalized spacial score (nSPS) is 10.3. The molecule has 0 aliphatic carbocycles. The van der Waals surface area contributed by atoms with Crippen LogP contribution in [0.2, 0.25) is 0 Å². The van der Waals surface area contributed by atoms with Crippen LogP contribution < -0.4 is 5.32 Å². The van der Waals surface area contributed by atoms with Crippen molar-refractivity contribution in [2.75, 3.05) is 11.9 Å². The fraction of sp³-hybridized carbons (Fsp3) is 0.250. The van der Waals surface area contributed by atoms with Crippen molar-refractivity contribution in [3.63, 3.8) is 0 Å². The molecule has 0 unspecified atom stereocenters. The van der Waals surface area contributed by atoms with Gasteiger partial charge in [0.2, 0.25) is 0 Å². The highest BCUT2D eigenvalue weighted by Crippen LogP contribution is 2.11. The summed E-state index contributed by atoms with van der Waals surface area (Å²) in [5, 5.41) is 12.4. The van der Waals surface area contributed by atoms with Crippen LogP contribution in [0.1, 0.15) is 17.5 Å². The van der Waals surface area contributed by atoms with Gasteiger partial charge in [-0.05, 0) is 36.1 Å². The largest absolute Gasteiger partial charge is 0.392 e. The van der Waals surface area contributed by atoms with Gasteiger partial charge in [0.1, 0.15) is 0 Å². The Balaban J connectivity index is 1.75. The Morgan fingerprint density at radius 3 is 2.44 bits per heavy atom. The minimum atomic E-state index is 0.0968. The molecule has 0 atom stereocenters. The number of hydrogen-bond donors (Lipinski definition) is 2. The molecule has 94 valence electrons. The predicted molar refractivity (Wildman–Crippen MR) is 75.6 cm³/mol. The minimum Gasteiger partial charge on any atom is -0.392 e. The molecule has 2 nitrogen and oxygen atoms in total. The van der Waals surface area contributed by atoms with Gasteiger partial charge in [0, 0.05) is 12.2 Å². The highest BCUT2D eigenvalue weighted by Gasteiger charge is 1.95. The maximum atomic E-state index is 9.05. The predicted octanol–water partition coefficient (Wildman–Crippen LogP) is 3.22. The first-order valence-electron chi connectivity index (χ1n) is 6.36. The van der Waals surface area contributed by atoms with Crippen molar-refractivity contribution in [3.05, 3.63) is 65.7 Å². The maximum absolute atomic E-state index is 9.05. The van der Waals surface area contributed by atoms with Gasteiger partial charge in [-0.25, -0.2) is 0 Å². The summed E-state index contributed by atoms with van der Waals surface area (Å²) in [7, 11) is 0. The van der Waals surface area contributed by atoms with Crippen LogP contribution in [-0.4, -0.2) is 11.7 Å². The van der Waals surface area contributed by atoms with Crippen molar-refractivity contribution in [2.24, 2.45) is 0 Å².